The molecule has 1 fully saturated rings. The molecule has 0 aliphatic carbocycles. The maximum atomic E-state index is 4.90. The van der Waals surface area contributed by atoms with E-state index in [1.807, 2.05) is 46.5 Å². The molecular weight excluding hydrogens is 402 g/mol. The number of para-hydroxylation sites is 1. The second-order valence-corrected chi connectivity index (χ2v) is 8.91. The molecule has 1 aliphatic rings. The first-order chi connectivity index (χ1) is 15.4. The highest BCUT2D eigenvalue weighted by molar-refractivity contribution is 7.10. The number of hydrogen-bond acceptors (Lipinski definition) is 5. The summed E-state index contributed by atoms with van der Waals surface area (Å²) in [7, 11) is 0. The molecule has 6 heteroatoms. The predicted molar refractivity (Wildman–Crippen MR) is 126 cm³/mol. The van der Waals surface area contributed by atoms with Crippen LogP contribution in [0.4, 0.5) is 0 Å². The van der Waals surface area contributed by atoms with E-state index in [-0.39, 0.29) is 0 Å². The molecule has 4 heterocycles. The monoisotopic (exact) mass is 429 g/mol. The summed E-state index contributed by atoms with van der Waals surface area (Å²) >= 11 is 1.86. The highest BCUT2D eigenvalue weighted by Crippen LogP contribution is 2.28. The minimum absolute atomic E-state index is 0.438. The molecule has 0 unspecified atom stereocenters. The second-order valence-electron chi connectivity index (χ2n) is 7.93. The number of aromatic nitrogens is 3. The third-order valence-corrected chi connectivity index (χ3v) is 6.83. The highest BCUT2D eigenvalue weighted by atomic mass is 32.1. The average molecular weight is 430 g/mol. The van der Waals surface area contributed by atoms with Gasteiger partial charge in [0.15, 0.2) is 0 Å². The number of pyridine rings is 1. The minimum Gasteiger partial charge on any atom is -0.311 e. The maximum absolute atomic E-state index is 4.90. The Hall–Kier alpha value is -2.80. The van der Waals surface area contributed by atoms with E-state index in [1.54, 1.807) is 6.20 Å². The Morgan fingerprint density at radius 3 is 2.61 bits per heavy atom. The van der Waals surface area contributed by atoms with Gasteiger partial charge in [-0.05, 0) is 61.6 Å². The molecule has 1 N–H and O–H groups in total. The van der Waals surface area contributed by atoms with Crippen molar-refractivity contribution in [3.8, 4) is 16.9 Å². The number of hydrogen-bond donors (Lipinski definition) is 1. The molecule has 5 rings (SSSR count). The summed E-state index contributed by atoms with van der Waals surface area (Å²) in [6.45, 7) is 4.09. The quantitative estimate of drug-likeness (QED) is 0.432. The van der Waals surface area contributed by atoms with Gasteiger partial charge in [-0.15, -0.1) is 11.3 Å². The predicted octanol–water partition coefficient (Wildman–Crippen LogP) is 4.92. The van der Waals surface area contributed by atoms with Crippen LogP contribution in [0.3, 0.4) is 0 Å². The fourth-order valence-electron chi connectivity index (χ4n) is 4.29. The van der Waals surface area contributed by atoms with E-state index in [2.05, 4.69) is 57.1 Å². The van der Waals surface area contributed by atoms with Gasteiger partial charge in [-0.2, -0.15) is 5.10 Å². The normalized spacial score (nSPS) is 15.4. The summed E-state index contributed by atoms with van der Waals surface area (Å²) < 4.78 is 1.97. The number of nitrogens with one attached hydrogen (secondary N) is 1. The van der Waals surface area contributed by atoms with Gasteiger partial charge < -0.3 is 5.32 Å². The molecule has 3 aromatic heterocycles. The summed E-state index contributed by atoms with van der Waals surface area (Å²) in [5.41, 5.74) is 4.28. The number of thiophene rings is 1. The third kappa shape index (κ3) is 4.61. The molecular formula is C25H27N5S. The van der Waals surface area contributed by atoms with Crippen molar-refractivity contribution in [2.75, 3.05) is 19.6 Å². The fraction of sp³-hybridized carbons (Fsp3) is 0.280. The van der Waals surface area contributed by atoms with Crippen molar-refractivity contribution in [3.05, 3.63) is 89.0 Å². The van der Waals surface area contributed by atoms with E-state index in [4.69, 9.17) is 5.10 Å². The fourth-order valence-corrected chi connectivity index (χ4v) is 5.15. The molecule has 1 aliphatic heterocycles. The molecule has 0 spiro atoms. The lowest BCUT2D eigenvalue weighted by molar-refractivity contribution is 0.242. The van der Waals surface area contributed by atoms with Crippen LogP contribution in [0.1, 0.15) is 29.3 Å². The van der Waals surface area contributed by atoms with Crippen LogP contribution < -0.4 is 5.32 Å². The zero-order valence-corrected chi connectivity index (χ0v) is 18.3. The Balaban J connectivity index is 1.37. The van der Waals surface area contributed by atoms with Crippen molar-refractivity contribution in [2.45, 2.75) is 25.4 Å². The first-order valence-electron chi connectivity index (χ1n) is 10.9. The Morgan fingerprint density at radius 1 is 1.00 bits per heavy atom. The second kappa shape index (κ2) is 9.56. The molecule has 1 atom stereocenters. The van der Waals surface area contributed by atoms with Gasteiger partial charge in [0.2, 0.25) is 0 Å². The van der Waals surface area contributed by atoms with Gasteiger partial charge >= 0.3 is 0 Å². The van der Waals surface area contributed by atoms with Crippen molar-refractivity contribution >= 4 is 11.3 Å². The van der Waals surface area contributed by atoms with Crippen molar-refractivity contribution < 1.29 is 0 Å². The SMILES string of the molecule is c1ccc(-n2cc(CNC[C@H](c3cccs3)N3CCCC3)c(-c3cccnc3)n2)cc1. The lowest BCUT2D eigenvalue weighted by atomic mass is 10.1. The van der Waals surface area contributed by atoms with Crippen molar-refractivity contribution in [1.29, 1.82) is 0 Å². The summed E-state index contributed by atoms with van der Waals surface area (Å²) in [6, 6.07) is 19.2. The van der Waals surface area contributed by atoms with Crippen LogP contribution in [0, 0.1) is 0 Å². The number of nitrogens with zero attached hydrogens (tertiary/aromatic N) is 4. The van der Waals surface area contributed by atoms with Gasteiger partial charge in [0.05, 0.1) is 17.4 Å². The molecule has 5 nitrogen and oxygen atoms in total. The molecule has 1 saturated heterocycles. The molecule has 0 radical (unpaired) electrons. The van der Waals surface area contributed by atoms with Crippen molar-refractivity contribution in [1.82, 2.24) is 25.0 Å². The molecule has 31 heavy (non-hydrogen) atoms. The van der Waals surface area contributed by atoms with Crippen LogP contribution in [-0.4, -0.2) is 39.3 Å². The van der Waals surface area contributed by atoms with Crippen LogP contribution in [0.15, 0.2) is 78.6 Å². The van der Waals surface area contributed by atoms with Gasteiger partial charge in [0.1, 0.15) is 0 Å². The van der Waals surface area contributed by atoms with Crippen molar-refractivity contribution in [2.24, 2.45) is 0 Å². The Bertz CT molecular complexity index is 1070. The van der Waals surface area contributed by atoms with Crippen LogP contribution in [0.2, 0.25) is 0 Å². The minimum atomic E-state index is 0.438. The first-order valence-corrected chi connectivity index (χ1v) is 11.8. The Kier molecular flexibility index (Phi) is 6.20. The lowest BCUT2D eigenvalue weighted by Gasteiger charge is -2.27. The zero-order chi connectivity index (χ0) is 20.9. The molecule has 0 amide bonds. The smallest absolute Gasteiger partial charge is 0.0988 e. The van der Waals surface area contributed by atoms with E-state index >= 15 is 0 Å². The Morgan fingerprint density at radius 2 is 1.87 bits per heavy atom. The molecule has 0 saturated carbocycles. The Labute approximate surface area is 187 Å². The summed E-state index contributed by atoms with van der Waals surface area (Å²) in [6.07, 6.45) is 8.44. The topological polar surface area (TPSA) is 46.0 Å². The van der Waals surface area contributed by atoms with Crippen LogP contribution in [0.25, 0.3) is 16.9 Å². The third-order valence-electron chi connectivity index (χ3n) is 5.85. The van der Waals surface area contributed by atoms with E-state index < -0.39 is 0 Å². The number of rotatable bonds is 8. The highest BCUT2D eigenvalue weighted by Gasteiger charge is 2.24. The number of benzene rings is 1. The summed E-state index contributed by atoms with van der Waals surface area (Å²) in [5.74, 6) is 0. The van der Waals surface area contributed by atoms with Crippen LogP contribution in [-0.2, 0) is 6.54 Å². The van der Waals surface area contributed by atoms with Gasteiger partial charge in [-0.25, -0.2) is 4.68 Å². The summed E-state index contributed by atoms with van der Waals surface area (Å²) in [5, 5.41) is 10.8. The number of likely N-dealkylation sites (tertiary alicyclic amines) is 1. The molecule has 4 aromatic rings. The van der Waals surface area contributed by atoms with Gasteiger partial charge in [0, 0.05) is 47.7 Å². The van der Waals surface area contributed by atoms with Crippen LogP contribution >= 0.6 is 11.3 Å². The molecule has 0 bridgehead atoms. The molecule has 1 aromatic carbocycles. The van der Waals surface area contributed by atoms with Gasteiger partial charge in [-0.3, -0.25) is 9.88 Å². The summed E-state index contributed by atoms with van der Waals surface area (Å²) in [4.78, 5) is 8.37. The average Bonchev–Trinajstić information content (AvgIpc) is 3.60. The van der Waals surface area contributed by atoms with E-state index in [0.29, 0.717) is 6.04 Å². The van der Waals surface area contributed by atoms with Crippen LogP contribution in [0.5, 0.6) is 0 Å². The first kappa shape index (κ1) is 20.1. The standard InChI is InChI=1S/C25H27N5S/c1-2-9-22(10-3-1)30-19-21(25(28-30)20-8-6-12-26-16-20)17-27-18-23(24-11-7-15-31-24)29-13-4-5-14-29/h1-3,6-12,15-16,19,23,27H,4-5,13-14,17-18H2/t23-/m1/s1. The van der Waals surface area contributed by atoms with E-state index in [0.717, 1.165) is 30.0 Å². The maximum Gasteiger partial charge on any atom is 0.0988 e. The molecule has 158 valence electrons. The van der Waals surface area contributed by atoms with Crippen molar-refractivity contribution in [3.63, 3.8) is 0 Å². The van der Waals surface area contributed by atoms with Gasteiger partial charge in [-0.1, -0.05) is 24.3 Å². The van der Waals surface area contributed by atoms with E-state index in [9.17, 15) is 0 Å². The zero-order valence-electron chi connectivity index (χ0n) is 17.5. The van der Waals surface area contributed by atoms with E-state index in [1.165, 1.54) is 36.4 Å². The lowest BCUT2D eigenvalue weighted by Crippen LogP contribution is -2.33. The largest absolute Gasteiger partial charge is 0.311 e. The van der Waals surface area contributed by atoms with Gasteiger partial charge in [0.25, 0.3) is 0 Å².